The molecule has 15 heavy (non-hydrogen) atoms. The number of hydrogen-bond acceptors (Lipinski definition) is 1. The van der Waals surface area contributed by atoms with Crippen LogP contribution in [0.15, 0.2) is 34.8 Å². The molecule has 1 nitrogen and oxygen atoms in total. The molecule has 0 spiro atoms. The summed E-state index contributed by atoms with van der Waals surface area (Å²) < 4.78 is 0.842. The highest BCUT2D eigenvalue weighted by molar-refractivity contribution is 9.10. The van der Waals surface area contributed by atoms with Crippen LogP contribution in [0.3, 0.4) is 0 Å². The predicted octanol–water partition coefficient (Wildman–Crippen LogP) is 4.49. The summed E-state index contributed by atoms with van der Waals surface area (Å²) in [7, 11) is 0. The molecule has 0 fully saturated rings. The lowest BCUT2D eigenvalue weighted by atomic mass is 10.0. The SMILES string of the molecule is C=C(CC)CC(O)c1ccc(Br)c(Cl)c1. The zero-order valence-corrected chi connectivity index (χ0v) is 11.0. The molecule has 0 aliphatic heterocycles. The second-order valence-corrected chi connectivity index (χ2v) is 4.76. The first-order chi connectivity index (χ1) is 7.04. The van der Waals surface area contributed by atoms with Crippen molar-refractivity contribution in [2.24, 2.45) is 0 Å². The number of aliphatic hydroxyl groups is 1. The molecule has 1 N–H and O–H groups in total. The molecule has 0 aliphatic carbocycles. The molecule has 82 valence electrons. The lowest BCUT2D eigenvalue weighted by Gasteiger charge is -2.12. The van der Waals surface area contributed by atoms with E-state index in [1.165, 1.54) is 0 Å². The fourth-order valence-electron chi connectivity index (χ4n) is 1.26. The third-order valence-electron chi connectivity index (χ3n) is 2.31. The molecule has 1 aromatic carbocycles. The molecule has 3 heteroatoms. The van der Waals surface area contributed by atoms with Crippen molar-refractivity contribution < 1.29 is 5.11 Å². The van der Waals surface area contributed by atoms with E-state index < -0.39 is 6.10 Å². The molecule has 0 heterocycles. The van der Waals surface area contributed by atoms with E-state index in [-0.39, 0.29) is 0 Å². The predicted molar refractivity (Wildman–Crippen MR) is 68.2 cm³/mol. The van der Waals surface area contributed by atoms with E-state index in [4.69, 9.17) is 11.6 Å². The molecule has 0 saturated heterocycles. The van der Waals surface area contributed by atoms with Crippen molar-refractivity contribution in [2.45, 2.75) is 25.9 Å². The molecule has 0 amide bonds. The van der Waals surface area contributed by atoms with Crippen molar-refractivity contribution in [1.82, 2.24) is 0 Å². The highest BCUT2D eigenvalue weighted by atomic mass is 79.9. The van der Waals surface area contributed by atoms with Crippen LogP contribution in [-0.2, 0) is 0 Å². The third-order valence-corrected chi connectivity index (χ3v) is 3.54. The minimum atomic E-state index is -0.511. The zero-order chi connectivity index (χ0) is 11.4. The zero-order valence-electron chi connectivity index (χ0n) is 8.63. The Bertz CT molecular complexity index is 363. The molecule has 1 atom stereocenters. The first-order valence-electron chi connectivity index (χ1n) is 4.84. The van der Waals surface area contributed by atoms with Gasteiger partial charge in [0.15, 0.2) is 0 Å². The molecular weight excluding hydrogens is 275 g/mol. The van der Waals surface area contributed by atoms with Crippen molar-refractivity contribution in [3.63, 3.8) is 0 Å². The quantitative estimate of drug-likeness (QED) is 0.810. The van der Waals surface area contributed by atoms with E-state index in [2.05, 4.69) is 22.5 Å². The van der Waals surface area contributed by atoms with E-state index in [1.807, 2.05) is 19.1 Å². The largest absolute Gasteiger partial charge is 0.388 e. The van der Waals surface area contributed by atoms with Gasteiger partial charge in [-0.15, -0.1) is 0 Å². The first kappa shape index (κ1) is 12.8. The molecule has 1 unspecified atom stereocenters. The summed E-state index contributed by atoms with van der Waals surface area (Å²) in [6.45, 7) is 5.91. The number of hydrogen-bond donors (Lipinski definition) is 1. The van der Waals surface area contributed by atoms with Gasteiger partial charge in [0, 0.05) is 4.47 Å². The van der Waals surface area contributed by atoms with Crippen LogP contribution in [0.5, 0.6) is 0 Å². The van der Waals surface area contributed by atoms with Crippen LogP contribution in [0.1, 0.15) is 31.4 Å². The Morgan fingerprint density at radius 1 is 1.60 bits per heavy atom. The smallest absolute Gasteiger partial charge is 0.0827 e. The topological polar surface area (TPSA) is 20.2 Å². The van der Waals surface area contributed by atoms with Gasteiger partial charge in [-0.2, -0.15) is 0 Å². The highest BCUT2D eigenvalue weighted by Crippen LogP contribution is 2.28. The molecule has 0 aromatic heterocycles. The van der Waals surface area contributed by atoms with E-state index in [0.717, 1.165) is 22.0 Å². The summed E-state index contributed by atoms with van der Waals surface area (Å²) in [4.78, 5) is 0. The van der Waals surface area contributed by atoms with Gasteiger partial charge < -0.3 is 5.11 Å². The van der Waals surface area contributed by atoms with Crippen LogP contribution in [0, 0.1) is 0 Å². The van der Waals surface area contributed by atoms with Gasteiger partial charge in [0.05, 0.1) is 11.1 Å². The van der Waals surface area contributed by atoms with E-state index in [1.54, 1.807) is 6.07 Å². The summed E-state index contributed by atoms with van der Waals surface area (Å²) in [5.41, 5.74) is 1.87. The Labute approximate surface area is 104 Å². The van der Waals surface area contributed by atoms with E-state index in [9.17, 15) is 5.11 Å². The standard InChI is InChI=1S/C12H14BrClO/c1-3-8(2)6-12(15)9-4-5-10(13)11(14)7-9/h4-5,7,12,15H,2-3,6H2,1H3. The van der Waals surface area contributed by atoms with Crippen molar-refractivity contribution in [2.75, 3.05) is 0 Å². The average Bonchev–Trinajstić information content (AvgIpc) is 2.21. The summed E-state index contributed by atoms with van der Waals surface area (Å²) in [5, 5.41) is 10.5. The van der Waals surface area contributed by atoms with E-state index in [0.29, 0.717) is 11.4 Å². The van der Waals surface area contributed by atoms with Crippen LogP contribution >= 0.6 is 27.5 Å². The second kappa shape index (κ2) is 5.69. The molecule has 0 aliphatic rings. The van der Waals surface area contributed by atoms with E-state index >= 15 is 0 Å². The maximum Gasteiger partial charge on any atom is 0.0827 e. The van der Waals surface area contributed by atoms with Crippen LogP contribution in [-0.4, -0.2) is 5.11 Å². The maximum absolute atomic E-state index is 9.90. The molecule has 0 saturated carbocycles. The Morgan fingerprint density at radius 3 is 2.80 bits per heavy atom. The Morgan fingerprint density at radius 2 is 2.27 bits per heavy atom. The van der Waals surface area contributed by atoms with Gasteiger partial charge in [-0.3, -0.25) is 0 Å². The molecular formula is C12H14BrClO. The normalized spacial score (nSPS) is 12.5. The minimum Gasteiger partial charge on any atom is -0.388 e. The Hall–Kier alpha value is -0.310. The third kappa shape index (κ3) is 3.63. The van der Waals surface area contributed by atoms with Crippen molar-refractivity contribution >= 4 is 27.5 Å². The summed E-state index contributed by atoms with van der Waals surface area (Å²) in [6, 6.07) is 5.48. The Kier molecular flexibility index (Phi) is 4.84. The van der Waals surface area contributed by atoms with Crippen molar-refractivity contribution in [3.8, 4) is 0 Å². The fourth-order valence-corrected chi connectivity index (χ4v) is 1.69. The van der Waals surface area contributed by atoms with Gasteiger partial charge in [0.2, 0.25) is 0 Å². The number of halogens is 2. The van der Waals surface area contributed by atoms with Gasteiger partial charge in [-0.25, -0.2) is 0 Å². The van der Waals surface area contributed by atoms with Gasteiger partial charge in [-0.05, 0) is 46.5 Å². The molecule has 0 radical (unpaired) electrons. The molecule has 1 aromatic rings. The highest BCUT2D eigenvalue weighted by Gasteiger charge is 2.10. The lowest BCUT2D eigenvalue weighted by Crippen LogP contribution is -1.98. The van der Waals surface area contributed by atoms with Crippen LogP contribution in [0.2, 0.25) is 5.02 Å². The second-order valence-electron chi connectivity index (χ2n) is 3.50. The first-order valence-corrected chi connectivity index (χ1v) is 6.01. The van der Waals surface area contributed by atoms with Crippen LogP contribution in [0.4, 0.5) is 0 Å². The van der Waals surface area contributed by atoms with Crippen molar-refractivity contribution in [1.29, 1.82) is 0 Å². The lowest BCUT2D eigenvalue weighted by molar-refractivity contribution is 0.177. The summed E-state index contributed by atoms with van der Waals surface area (Å²) in [6.07, 6.45) is 0.971. The van der Waals surface area contributed by atoms with Gasteiger partial charge in [0.25, 0.3) is 0 Å². The Balaban J connectivity index is 2.78. The minimum absolute atomic E-state index is 0.511. The van der Waals surface area contributed by atoms with Crippen LogP contribution in [0.25, 0.3) is 0 Å². The summed E-state index contributed by atoms with van der Waals surface area (Å²) in [5.74, 6) is 0. The van der Waals surface area contributed by atoms with Crippen LogP contribution < -0.4 is 0 Å². The monoisotopic (exact) mass is 288 g/mol. The summed E-state index contributed by atoms with van der Waals surface area (Å²) >= 11 is 9.26. The average molecular weight is 290 g/mol. The van der Waals surface area contributed by atoms with Gasteiger partial charge >= 0.3 is 0 Å². The van der Waals surface area contributed by atoms with Crippen molar-refractivity contribution in [3.05, 3.63) is 45.4 Å². The molecule has 0 bridgehead atoms. The van der Waals surface area contributed by atoms with Gasteiger partial charge in [0.1, 0.15) is 0 Å². The molecule has 1 rings (SSSR count). The maximum atomic E-state index is 9.90. The van der Waals surface area contributed by atoms with Gasteiger partial charge in [-0.1, -0.05) is 36.7 Å². The number of rotatable bonds is 4. The fraction of sp³-hybridized carbons (Fsp3) is 0.333. The number of aliphatic hydroxyl groups excluding tert-OH is 1. The number of benzene rings is 1.